The maximum absolute atomic E-state index is 5.95. The van der Waals surface area contributed by atoms with Gasteiger partial charge in [0.1, 0.15) is 0 Å². The van der Waals surface area contributed by atoms with Gasteiger partial charge >= 0.3 is 0 Å². The molecule has 2 N–H and O–H groups in total. The molecule has 0 spiro atoms. The fourth-order valence-electron chi connectivity index (χ4n) is 2.90. The summed E-state index contributed by atoms with van der Waals surface area (Å²) in [6.07, 6.45) is 8.09. The molecule has 2 nitrogen and oxygen atoms in total. The molecule has 1 fully saturated rings. The number of nitrogens with zero attached hydrogens (tertiary/aromatic N) is 1. The zero-order valence-corrected chi connectivity index (χ0v) is 11.5. The van der Waals surface area contributed by atoms with E-state index in [9.17, 15) is 0 Å². The lowest BCUT2D eigenvalue weighted by molar-refractivity contribution is 0.109. The molecule has 2 heteroatoms. The fraction of sp³-hybridized carbons (Fsp3) is 1.00. The number of hydrogen-bond donors (Lipinski definition) is 1. The molecule has 16 heavy (non-hydrogen) atoms. The van der Waals surface area contributed by atoms with Gasteiger partial charge in [-0.1, -0.05) is 26.7 Å². The molecule has 0 aromatic heterocycles. The van der Waals surface area contributed by atoms with Crippen molar-refractivity contribution in [2.45, 2.75) is 64.8 Å². The zero-order chi connectivity index (χ0) is 12.0. The van der Waals surface area contributed by atoms with Crippen molar-refractivity contribution in [3.63, 3.8) is 0 Å². The van der Waals surface area contributed by atoms with E-state index < -0.39 is 0 Å². The molecule has 1 heterocycles. The Labute approximate surface area is 102 Å². The monoisotopic (exact) mass is 226 g/mol. The zero-order valence-electron chi connectivity index (χ0n) is 11.5. The van der Waals surface area contributed by atoms with Crippen molar-refractivity contribution in [2.75, 3.05) is 19.6 Å². The van der Waals surface area contributed by atoms with Gasteiger partial charge in [0.2, 0.25) is 0 Å². The third-order valence-corrected chi connectivity index (χ3v) is 4.51. The van der Waals surface area contributed by atoms with Crippen LogP contribution in [0, 0.1) is 5.92 Å². The molecular weight excluding hydrogens is 196 g/mol. The van der Waals surface area contributed by atoms with Crippen LogP contribution in [0.2, 0.25) is 0 Å². The van der Waals surface area contributed by atoms with Crippen LogP contribution in [-0.4, -0.2) is 30.1 Å². The van der Waals surface area contributed by atoms with Gasteiger partial charge in [-0.2, -0.15) is 0 Å². The van der Waals surface area contributed by atoms with Crippen LogP contribution in [0.4, 0.5) is 0 Å². The summed E-state index contributed by atoms with van der Waals surface area (Å²) in [6.45, 7) is 10.2. The van der Waals surface area contributed by atoms with Crippen LogP contribution in [-0.2, 0) is 0 Å². The van der Waals surface area contributed by atoms with Crippen LogP contribution in [0.1, 0.15) is 59.3 Å². The Balaban J connectivity index is 2.52. The van der Waals surface area contributed by atoms with Crippen molar-refractivity contribution in [3.8, 4) is 0 Å². The third kappa shape index (κ3) is 3.46. The molecule has 2 unspecified atom stereocenters. The molecular formula is C14H30N2. The largest absolute Gasteiger partial charge is 0.329 e. The van der Waals surface area contributed by atoms with E-state index in [4.69, 9.17) is 5.73 Å². The van der Waals surface area contributed by atoms with Crippen molar-refractivity contribution in [3.05, 3.63) is 0 Å². The normalized spacial score (nSPS) is 27.4. The molecule has 96 valence electrons. The summed E-state index contributed by atoms with van der Waals surface area (Å²) in [5, 5.41) is 0. The first-order valence-corrected chi connectivity index (χ1v) is 7.11. The predicted molar refractivity (Wildman–Crippen MR) is 71.6 cm³/mol. The molecule has 2 atom stereocenters. The molecule has 1 aliphatic heterocycles. The Hall–Kier alpha value is -0.0800. The van der Waals surface area contributed by atoms with Crippen molar-refractivity contribution < 1.29 is 0 Å². The Morgan fingerprint density at radius 1 is 1.25 bits per heavy atom. The van der Waals surface area contributed by atoms with Crippen LogP contribution in [0.15, 0.2) is 0 Å². The number of nitrogens with two attached hydrogens (primary N) is 1. The first-order valence-electron chi connectivity index (χ1n) is 7.11. The maximum atomic E-state index is 5.95. The predicted octanol–water partition coefficient (Wildman–Crippen LogP) is 3.02. The standard InChI is InChI=1S/C14H30N2/c1-4-7-13-8-6-10-16(11-9-13)14(3,5-2)12-15/h13H,4-12,15H2,1-3H3. The lowest BCUT2D eigenvalue weighted by Gasteiger charge is -2.39. The highest BCUT2D eigenvalue weighted by Gasteiger charge is 2.30. The average Bonchev–Trinajstić information content (AvgIpc) is 2.55. The highest BCUT2D eigenvalue weighted by atomic mass is 15.2. The molecule has 0 radical (unpaired) electrons. The Kier molecular flexibility index (Phi) is 5.77. The van der Waals surface area contributed by atoms with E-state index in [0.29, 0.717) is 0 Å². The number of rotatable bonds is 5. The molecule has 1 aliphatic rings. The van der Waals surface area contributed by atoms with Gasteiger partial charge in [0.15, 0.2) is 0 Å². The van der Waals surface area contributed by atoms with E-state index in [2.05, 4.69) is 25.7 Å². The summed E-state index contributed by atoms with van der Waals surface area (Å²) in [7, 11) is 0. The summed E-state index contributed by atoms with van der Waals surface area (Å²) in [5.41, 5.74) is 6.19. The summed E-state index contributed by atoms with van der Waals surface area (Å²) >= 11 is 0. The van der Waals surface area contributed by atoms with E-state index in [0.717, 1.165) is 12.5 Å². The summed E-state index contributed by atoms with van der Waals surface area (Å²) < 4.78 is 0. The quantitative estimate of drug-likeness (QED) is 0.781. The number of likely N-dealkylation sites (tertiary alicyclic amines) is 1. The fourth-order valence-corrected chi connectivity index (χ4v) is 2.90. The Bertz CT molecular complexity index is 187. The summed E-state index contributed by atoms with van der Waals surface area (Å²) in [5.74, 6) is 0.967. The van der Waals surface area contributed by atoms with Crippen LogP contribution in [0.25, 0.3) is 0 Å². The minimum Gasteiger partial charge on any atom is -0.329 e. The van der Waals surface area contributed by atoms with Crippen LogP contribution in [0.5, 0.6) is 0 Å². The summed E-state index contributed by atoms with van der Waals surface area (Å²) in [6, 6.07) is 0. The van der Waals surface area contributed by atoms with Gasteiger partial charge in [0.05, 0.1) is 0 Å². The van der Waals surface area contributed by atoms with Crippen LogP contribution >= 0.6 is 0 Å². The molecule has 1 saturated heterocycles. The van der Waals surface area contributed by atoms with E-state index in [1.165, 1.54) is 51.6 Å². The van der Waals surface area contributed by atoms with E-state index in [-0.39, 0.29) is 5.54 Å². The topological polar surface area (TPSA) is 29.3 Å². The van der Waals surface area contributed by atoms with Crippen molar-refractivity contribution in [2.24, 2.45) is 11.7 Å². The van der Waals surface area contributed by atoms with Crippen LogP contribution < -0.4 is 5.73 Å². The van der Waals surface area contributed by atoms with E-state index in [1.807, 2.05) is 0 Å². The minimum atomic E-state index is 0.237. The molecule has 0 aromatic rings. The first kappa shape index (κ1) is 14.0. The van der Waals surface area contributed by atoms with E-state index in [1.54, 1.807) is 0 Å². The minimum absolute atomic E-state index is 0.237. The van der Waals surface area contributed by atoms with Gasteiger partial charge in [-0.15, -0.1) is 0 Å². The summed E-state index contributed by atoms with van der Waals surface area (Å²) in [4.78, 5) is 2.64. The molecule has 0 amide bonds. The van der Waals surface area contributed by atoms with E-state index >= 15 is 0 Å². The van der Waals surface area contributed by atoms with Gasteiger partial charge in [-0.25, -0.2) is 0 Å². The molecule has 0 aromatic carbocycles. The van der Waals surface area contributed by atoms with Crippen molar-refractivity contribution >= 4 is 0 Å². The van der Waals surface area contributed by atoms with Crippen molar-refractivity contribution in [1.29, 1.82) is 0 Å². The molecule has 0 aliphatic carbocycles. The molecule has 0 saturated carbocycles. The lowest BCUT2D eigenvalue weighted by Crippen LogP contribution is -2.51. The SMILES string of the molecule is CCCC1CCCN(C(C)(CC)CN)CC1. The second-order valence-corrected chi connectivity index (χ2v) is 5.63. The Morgan fingerprint density at radius 3 is 2.56 bits per heavy atom. The smallest absolute Gasteiger partial charge is 0.0300 e. The highest BCUT2D eigenvalue weighted by Crippen LogP contribution is 2.27. The second kappa shape index (κ2) is 6.61. The second-order valence-electron chi connectivity index (χ2n) is 5.63. The molecule has 0 bridgehead atoms. The maximum Gasteiger partial charge on any atom is 0.0300 e. The average molecular weight is 226 g/mol. The van der Waals surface area contributed by atoms with Crippen molar-refractivity contribution in [1.82, 2.24) is 4.90 Å². The van der Waals surface area contributed by atoms with Gasteiger partial charge < -0.3 is 5.73 Å². The third-order valence-electron chi connectivity index (χ3n) is 4.51. The highest BCUT2D eigenvalue weighted by molar-refractivity contribution is 4.87. The van der Waals surface area contributed by atoms with Gasteiger partial charge in [0.25, 0.3) is 0 Å². The van der Waals surface area contributed by atoms with Gasteiger partial charge in [0, 0.05) is 12.1 Å². The lowest BCUT2D eigenvalue weighted by atomic mass is 9.95. The Morgan fingerprint density at radius 2 is 2.00 bits per heavy atom. The number of hydrogen-bond acceptors (Lipinski definition) is 2. The first-order chi connectivity index (χ1) is 7.66. The van der Waals surface area contributed by atoms with Crippen LogP contribution in [0.3, 0.4) is 0 Å². The molecule has 1 rings (SSSR count). The van der Waals surface area contributed by atoms with Gasteiger partial charge in [-0.05, 0) is 51.6 Å². The van der Waals surface area contributed by atoms with Gasteiger partial charge in [-0.3, -0.25) is 4.90 Å².